The smallest absolute Gasteiger partial charge is 0.0640 e. The predicted molar refractivity (Wildman–Crippen MR) is 231 cm³/mol. The third kappa shape index (κ3) is 4.65. The first-order valence-corrected chi connectivity index (χ1v) is 20.0. The Bertz CT molecular complexity index is 3130. The van der Waals surface area contributed by atoms with Crippen molar-refractivity contribution in [3.63, 3.8) is 0 Å². The molecule has 0 atom stereocenters. The quantitative estimate of drug-likeness (QED) is 0.171. The van der Waals surface area contributed by atoms with Crippen molar-refractivity contribution in [2.24, 2.45) is 0 Å². The summed E-state index contributed by atoms with van der Waals surface area (Å²) < 4.78 is 7.91. The first kappa shape index (κ1) is 29.9. The van der Waals surface area contributed by atoms with E-state index in [0.29, 0.717) is 0 Å². The second kappa shape index (κ2) is 11.9. The zero-order chi connectivity index (χ0) is 34.2. The van der Waals surface area contributed by atoms with Gasteiger partial charge in [0.25, 0.3) is 0 Å². The Morgan fingerprint density at radius 2 is 0.827 bits per heavy atom. The van der Waals surface area contributed by atoms with Gasteiger partial charge in [-0.25, -0.2) is 0 Å². The lowest BCUT2D eigenvalue weighted by molar-refractivity contribution is 1.31. The fourth-order valence-electron chi connectivity index (χ4n) is 7.87. The SMILES string of the molecule is c1ccc(-c2cccc3c2sc2c(N(c4ccc(-c5cccc6c5sc5ccccc56)cc4)c4ccc5sc6ccccc6c5c4)cccc23)cc1. The Balaban J connectivity index is 1.12. The molecule has 11 rings (SSSR count). The van der Waals surface area contributed by atoms with Gasteiger partial charge in [0.05, 0.1) is 10.4 Å². The summed E-state index contributed by atoms with van der Waals surface area (Å²) in [5.41, 5.74) is 8.52. The Morgan fingerprint density at radius 1 is 0.308 bits per heavy atom. The molecule has 11 aromatic rings. The molecule has 8 aromatic carbocycles. The zero-order valence-corrected chi connectivity index (χ0v) is 30.4. The van der Waals surface area contributed by atoms with Crippen LogP contribution in [0.15, 0.2) is 176 Å². The molecule has 0 saturated heterocycles. The monoisotopic (exact) mass is 715 g/mol. The standard InChI is InChI=1S/C48H29NS3/c1-2-11-30(12-3-1)34-15-9-18-39-40-19-10-20-42(48(40)52-47(34)39)49(33-27-28-45-41(29-33)37-14-5-6-21-43(37)50-45)32-25-23-31(24-26-32)35-16-8-17-38-36-13-4-7-22-44(36)51-46(35)38/h1-29H. The third-order valence-electron chi connectivity index (χ3n) is 10.3. The fraction of sp³-hybridized carbons (Fsp3) is 0. The minimum atomic E-state index is 1.14. The maximum atomic E-state index is 2.47. The second-order valence-electron chi connectivity index (χ2n) is 13.2. The van der Waals surface area contributed by atoms with Gasteiger partial charge in [0.2, 0.25) is 0 Å². The van der Waals surface area contributed by atoms with Crippen molar-refractivity contribution in [1.29, 1.82) is 0 Å². The number of hydrogen-bond acceptors (Lipinski definition) is 4. The van der Waals surface area contributed by atoms with Crippen LogP contribution in [-0.2, 0) is 0 Å². The van der Waals surface area contributed by atoms with Crippen LogP contribution in [0.25, 0.3) is 82.8 Å². The van der Waals surface area contributed by atoms with E-state index in [1.165, 1.54) is 88.5 Å². The third-order valence-corrected chi connectivity index (χ3v) is 13.9. The van der Waals surface area contributed by atoms with Crippen molar-refractivity contribution in [3.05, 3.63) is 176 Å². The highest BCUT2D eigenvalue weighted by atomic mass is 32.1. The predicted octanol–water partition coefficient (Wildman–Crippen LogP) is 15.6. The van der Waals surface area contributed by atoms with Crippen LogP contribution in [0.2, 0.25) is 0 Å². The van der Waals surface area contributed by atoms with E-state index in [0.717, 1.165) is 11.4 Å². The molecule has 0 saturated carbocycles. The zero-order valence-electron chi connectivity index (χ0n) is 27.9. The largest absolute Gasteiger partial charge is 0.309 e. The Kier molecular flexibility index (Phi) is 6.84. The molecule has 244 valence electrons. The van der Waals surface area contributed by atoms with Gasteiger partial charge in [0.15, 0.2) is 0 Å². The van der Waals surface area contributed by atoms with E-state index in [-0.39, 0.29) is 0 Å². The van der Waals surface area contributed by atoms with Crippen molar-refractivity contribution in [2.45, 2.75) is 0 Å². The van der Waals surface area contributed by atoms with E-state index in [1.807, 2.05) is 34.0 Å². The number of rotatable bonds is 5. The van der Waals surface area contributed by atoms with Gasteiger partial charge >= 0.3 is 0 Å². The van der Waals surface area contributed by atoms with E-state index in [1.54, 1.807) is 0 Å². The van der Waals surface area contributed by atoms with E-state index < -0.39 is 0 Å². The minimum Gasteiger partial charge on any atom is -0.309 e. The number of nitrogens with zero attached hydrogens (tertiary/aromatic N) is 1. The maximum Gasteiger partial charge on any atom is 0.0640 e. The fourth-order valence-corrected chi connectivity index (χ4v) is 11.5. The average Bonchev–Trinajstić information content (AvgIpc) is 3.90. The van der Waals surface area contributed by atoms with E-state index in [9.17, 15) is 0 Å². The van der Waals surface area contributed by atoms with Crippen molar-refractivity contribution >= 4 is 112 Å². The van der Waals surface area contributed by atoms with E-state index in [4.69, 9.17) is 0 Å². The summed E-state index contributed by atoms with van der Waals surface area (Å²) in [4.78, 5) is 2.47. The van der Waals surface area contributed by atoms with Crippen LogP contribution in [0, 0.1) is 0 Å². The molecular weight excluding hydrogens is 687 g/mol. The lowest BCUT2D eigenvalue weighted by atomic mass is 10.0. The molecule has 3 heterocycles. The van der Waals surface area contributed by atoms with Gasteiger partial charge in [0, 0.05) is 67.2 Å². The Labute approximate surface area is 312 Å². The van der Waals surface area contributed by atoms with Gasteiger partial charge < -0.3 is 4.90 Å². The summed E-state index contributed by atoms with van der Waals surface area (Å²) >= 11 is 5.65. The molecule has 52 heavy (non-hydrogen) atoms. The summed E-state index contributed by atoms with van der Waals surface area (Å²) in [7, 11) is 0. The Morgan fingerprint density at radius 3 is 1.58 bits per heavy atom. The molecule has 0 fully saturated rings. The molecule has 0 bridgehead atoms. The van der Waals surface area contributed by atoms with E-state index >= 15 is 0 Å². The Hall–Kier alpha value is -5.78. The van der Waals surface area contributed by atoms with Gasteiger partial charge in [-0.2, -0.15) is 0 Å². The first-order valence-electron chi connectivity index (χ1n) is 17.5. The van der Waals surface area contributed by atoms with Gasteiger partial charge in [-0.15, -0.1) is 34.0 Å². The van der Waals surface area contributed by atoms with Gasteiger partial charge in [-0.1, -0.05) is 127 Å². The molecule has 3 aromatic heterocycles. The molecule has 0 N–H and O–H groups in total. The highest BCUT2D eigenvalue weighted by Gasteiger charge is 2.21. The number of anilines is 3. The topological polar surface area (TPSA) is 3.24 Å². The number of fused-ring (bicyclic) bond motifs is 9. The lowest BCUT2D eigenvalue weighted by Crippen LogP contribution is -2.10. The molecule has 0 aliphatic rings. The highest BCUT2D eigenvalue weighted by Crippen LogP contribution is 2.48. The minimum absolute atomic E-state index is 1.14. The average molecular weight is 716 g/mol. The van der Waals surface area contributed by atoms with Crippen LogP contribution in [0.4, 0.5) is 17.1 Å². The van der Waals surface area contributed by atoms with Crippen LogP contribution >= 0.6 is 34.0 Å². The number of benzene rings is 8. The molecule has 0 unspecified atom stereocenters. The number of thiophene rings is 3. The summed E-state index contributed by atoms with van der Waals surface area (Å²) in [5, 5.41) is 7.85. The summed E-state index contributed by atoms with van der Waals surface area (Å²) in [6, 6.07) is 64.8. The molecule has 1 nitrogen and oxygen atoms in total. The molecule has 0 radical (unpaired) electrons. The molecular formula is C48H29NS3. The molecule has 0 spiro atoms. The van der Waals surface area contributed by atoms with Crippen LogP contribution in [-0.4, -0.2) is 0 Å². The van der Waals surface area contributed by atoms with Crippen LogP contribution in [0.1, 0.15) is 0 Å². The summed E-state index contributed by atoms with van der Waals surface area (Å²) in [6.07, 6.45) is 0. The first-order chi connectivity index (χ1) is 25.8. The van der Waals surface area contributed by atoms with Crippen molar-refractivity contribution in [2.75, 3.05) is 4.90 Å². The molecule has 0 aliphatic heterocycles. The summed E-state index contributed by atoms with van der Waals surface area (Å²) in [6.45, 7) is 0. The van der Waals surface area contributed by atoms with Crippen LogP contribution in [0.3, 0.4) is 0 Å². The van der Waals surface area contributed by atoms with Crippen molar-refractivity contribution in [3.8, 4) is 22.3 Å². The van der Waals surface area contributed by atoms with Gasteiger partial charge in [0.1, 0.15) is 0 Å². The molecule has 0 amide bonds. The van der Waals surface area contributed by atoms with Gasteiger partial charge in [-0.05, 0) is 70.8 Å². The van der Waals surface area contributed by atoms with Crippen LogP contribution in [0.5, 0.6) is 0 Å². The normalized spacial score (nSPS) is 11.8. The van der Waals surface area contributed by atoms with E-state index in [2.05, 4.69) is 181 Å². The molecule has 4 heteroatoms. The van der Waals surface area contributed by atoms with Gasteiger partial charge in [-0.3, -0.25) is 0 Å². The lowest BCUT2D eigenvalue weighted by Gasteiger charge is -2.26. The van der Waals surface area contributed by atoms with Crippen molar-refractivity contribution in [1.82, 2.24) is 0 Å². The molecule has 0 aliphatic carbocycles. The number of hydrogen-bond donors (Lipinski definition) is 0. The second-order valence-corrected chi connectivity index (χ2v) is 16.4. The maximum absolute atomic E-state index is 2.47. The highest BCUT2D eigenvalue weighted by molar-refractivity contribution is 7.27. The van der Waals surface area contributed by atoms with Crippen molar-refractivity contribution < 1.29 is 0 Å². The summed E-state index contributed by atoms with van der Waals surface area (Å²) in [5.74, 6) is 0. The van der Waals surface area contributed by atoms with Crippen LogP contribution < -0.4 is 4.90 Å².